The number of hydrogen-bond donors (Lipinski definition) is 1. The van der Waals surface area contributed by atoms with Gasteiger partial charge in [-0.05, 0) is 60.7 Å². The molecule has 2 aromatic carbocycles. The lowest BCUT2D eigenvalue weighted by Crippen LogP contribution is -2.22. The highest BCUT2D eigenvalue weighted by molar-refractivity contribution is 7.13. The number of rotatable bonds is 6. The molecule has 1 aliphatic rings. The standard InChI is InChI=1S/C24H23FN4OS/c1-15(2)12-24(13-20(24)22(30)28-23-26-9-10-31-23)17-3-8-21-16(11-17)14-27-29(21)19-6-4-18(25)5-7-19/h3-11,14-15,20H,12-13H2,1-2H3,(H,26,28,30). The second kappa shape index (κ2) is 7.57. The van der Waals surface area contributed by atoms with Crippen molar-refractivity contribution in [3.05, 3.63) is 71.6 Å². The van der Waals surface area contributed by atoms with Crippen LogP contribution >= 0.6 is 11.3 Å². The maximum absolute atomic E-state index is 13.3. The highest BCUT2D eigenvalue weighted by atomic mass is 32.1. The topological polar surface area (TPSA) is 59.8 Å². The van der Waals surface area contributed by atoms with Crippen LogP contribution in [0.4, 0.5) is 9.52 Å². The van der Waals surface area contributed by atoms with Crippen LogP contribution < -0.4 is 5.32 Å². The van der Waals surface area contributed by atoms with Crippen molar-refractivity contribution in [3.63, 3.8) is 0 Å². The monoisotopic (exact) mass is 434 g/mol. The lowest BCUT2D eigenvalue weighted by Gasteiger charge is -2.20. The van der Waals surface area contributed by atoms with E-state index in [1.165, 1.54) is 29.0 Å². The summed E-state index contributed by atoms with van der Waals surface area (Å²) < 4.78 is 15.1. The number of carbonyl (C=O) groups excluding carboxylic acids is 1. The minimum Gasteiger partial charge on any atom is -0.302 e. The van der Waals surface area contributed by atoms with Crippen LogP contribution in [-0.2, 0) is 10.2 Å². The summed E-state index contributed by atoms with van der Waals surface area (Å²) in [5, 5.41) is 11.0. The van der Waals surface area contributed by atoms with Crippen LogP contribution in [0.15, 0.2) is 60.2 Å². The highest BCUT2D eigenvalue weighted by Crippen LogP contribution is 2.58. The zero-order valence-corrected chi connectivity index (χ0v) is 18.2. The molecule has 2 unspecified atom stereocenters. The van der Waals surface area contributed by atoms with E-state index in [1.807, 2.05) is 16.3 Å². The number of carbonyl (C=O) groups is 1. The SMILES string of the molecule is CC(C)CC1(c2ccc3c(cnn3-c3ccc(F)cc3)c2)CC1C(=O)Nc1nccs1. The summed E-state index contributed by atoms with van der Waals surface area (Å²) in [6.07, 6.45) is 5.31. The van der Waals surface area contributed by atoms with Crippen molar-refractivity contribution in [2.24, 2.45) is 11.8 Å². The molecule has 1 aliphatic carbocycles. The van der Waals surface area contributed by atoms with Gasteiger partial charge in [0.25, 0.3) is 0 Å². The van der Waals surface area contributed by atoms with Gasteiger partial charge in [-0.1, -0.05) is 19.9 Å². The van der Waals surface area contributed by atoms with Crippen LogP contribution in [0.25, 0.3) is 16.6 Å². The number of aromatic nitrogens is 3. The minimum absolute atomic E-state index is 0.0395. The van der Waals surface area contributed by atoms with Crippen LogP contribution in [0, 0.1) is 17.7 Å². The molecular weight excluding hydrogens is 411 g/mol. The summed E-state index contributed by atoms with van der Waals surface area (Å²) in [4.78, 5) is 17.1. The number of fused-ring (bicyclic) bond motifs is 1. The molecule has 158 valence electrons. The third kappa shape index (κ3) is 3.63. The molecule has 0 spiro atoms. The van der Waals surface area contributed by atoms with E-state index in [9.17, 15) is 9.18 Å². The number of amides is 1. The van der Waals surface area contributed by atoms with E-state index >= 15 is 0 Å². The van der Waals surface area contributed by atoms with Crippen molar-refractivity contribution in [3.8, 4) is 5.69 Å². The number of benzene rings is 2. The van der Waals surface area contributed by atoms with E-state index < -0.39 is 0 Å². The number of thiazole rings is 1. The molecule has 2 aromatic heterocycles. The first-order valence-electron chi connectivity index (χ1n) is 10.4. The number of nitrogens with zero attached hydrogens (tertiary/aromatic N) is 3. The van der Waals surface area contributed by atoms with Gasteiger partial charge in [0.05, 0.1) is 17.4 Å². The predicted molar refractivity (Wildman–Crippen MR) is 121 cm³/mol. The van der Waals surface area contributed by atoms with Crippen LogP contribution in [0.5, 0.6) is 0 Å². The Labute approximate surface area is 183 Å². The molecule has 0 saturated heterocycles. The molecule has 5 rings (SSSR count). The maximum Gasteiger partial charge on any atom is 0.230 e. The van der Waals surface area contributed by atoms with E-state index in [1.54, 1.807) is 18.3 Å². The summed E-state index contributed by atoms with van der Waals surface area (Å²) in [5.41, 5.74) is 2.78. The van der Waals surface area contributed by atoms with E-state index in [0.29, 0.717) is 11.0 Å². The molecule has 4 aromatic rings. The Morgan fingerprint density at radius 3 is 2.81 bits per heavy atom. The lowest BCUT2D eigenvalue weighted by atomic mass is 9.84. The van der Waals surface area contributed by atoms with Gasteiger partial charge in [-0.15, -0.1) is 11.3 Å². The molecule has 1 fully saturated rings. The fourth-order valence-electron chi connectivity index (χ4n) is 4.65. The normalized spacial score (nSPS) is 20.3. The summed E-state index contributed by atoms with van der Waals surface area (Å²) in [6.45, 7) is 4.39. The average molecular weight is 435 g/mol. The molecule has 5 nitrogen and oxygen atoms in total. The summed E-state index contributed by atoms with van der Waals surface area (Å²) in [5.74, 6) is 0.172. The Morgan fingerprint density at radius 2 is 2.10 bits per heavy atom. The molecule has 31 heavy (non-hydrogen) atoms. The summed E-state index contributed by atoms with van der Waals surface area (Å²) in [6, 6.07) is 12.6. The molecule has 0 aliphatic heterocycles. The molecular formula is C24H23FN4OS. The first-order chi connectivity index (χ1) is 15.0. The minimum atomic E-state index is -0.270. The van der Waals surface area contributed by atoms with Gasteiger partial charge in [0.1, 0.15) is 5.82 Å². The van der Waals surface area contributed by atoms with E-state index in [-0.39, 0.29) is 23.1 Å². The van der Waals surface area contributed by atoms with Crippen LogP contribution in [0.3, 0.4) is 0 Å². The second-order valence-corrected chi connectivity index (χ2v) is 9.54. The van der Waals surface area contributed by atoms with Crippen LogP contribution in [0.2, 0.25) is 0 Å². The lowest BCUT2D eigenvalue weighted by molar-refractivity contribution is -0.117. The van der Waals surface area contributed by atoms with Crippen molar-refractivity contribution in [2.75, 3.05) is 5.32 Å². The van der Waals surface area contributed by atoms with Crippen molar-refractivity contribution < 1.29 is 9.18 Å². The fraction of sp³-hybridized carbons (Fsp3) is 0.292. The van der Waals surface area contributed by atoms with Gasteiger partial charge in [-0.25, -0.2) is 14.1 Å². The zero-order valence-electron chi connectivity index (χ0n) is 17.4. The Balaban J connectivity index is 1.47. The van der Waals surface area contributed by atoms with E-state index in [0.717, 1.165) is 29.4 Å². The number of hydrogen-bond acceptors (Lipinski definition) is 4. The number of halogens is 1. The van der Waals surface area contributed by atoms with Gasteiger partial charge < -0.3 is 5.32 Å². The van der Waals surface area contributed by atoms with E-state index in [2.05, 4.69) is 47.4 Å². The molecule has 1 N–H and O–H groups in total. The number of nitrogens with one attached hydrogen (secondary N) is 1. The molecule has 7 heteroatoms. The molecule has 2 atom stereocenters. The van der Waals surface area contributed by atoms with Gasteiger partial charge in [0.2, 0.25) is 5.91 Å². The molecule has 2 heterocycles. The smallest absolute Gasteiger partial charge is 0.230 e. The largest absolute Gasteiger partial charge is 0.302 e. The Bertz CT molecular complexity index is 1230. The van der Waals surface area contributed by atoms with E-state index in [4.69, 9.17) is 0 Å². The van der Waals surface area contributed by atoms with Gasteiger partial charge in [0, 0.05) is 28.3 Å². The third-order valence-electron chi connectivity index (χ3n) is 6.04. The molecule has 1 amide bonds. The first kappa shape index (κ1) is 19.9. The first-order valence-corrected chi connectivity index (χ1v) is 11.3. The van der Waals surface area contributed by atoms with Crippen molar-refractivity contribution in [1.82, 2.24) is 14.8 Å². The molecule has 1 saturated carbocycles. The Kier molecular flexibility index (Phi) is 4.85. The van der Waals surface area contributed by atoms with Crippen molar-refractivity contribution in [2.45, 2.75) is 32.1 Å². The van der Waals surface area contributed by atoms with Crippen LogP contribution in [0.1, 0.15) is 32.3 Å². The summed E-state index contributed by atoms with van der Waals surface area (Å²) in [7, 11) is 0. The highest BCUT2D eigenvalue weighted by Gasteiger charge is 2.59. The van der Waals surface area contributed by atoms with Crippen molar-refractivity contribution in [1.29, 1.82) is 0 Å². The zero-order chi connectivity index (χ0) is 21.6. The number of anilines is 1. The quantitative estimate of drug-likeness (QED) is 0.432. The van der Waals surface area contributed by atoms with Gasteiger partial charge in [-0.2, -0.15) is 5.10 Å². The summed E-state index contributed by atoms with van der Waals surface area (Å²) >= 11 is 1.43. The third-order valence-corrected chi connectivity index (χ3v) is 6.73. The molecule has 0 radical (unpaired) electrons. The Morgan fingerprint density at radius 1 is 1.29 bits per heavy atom. The van der Waals surface area contributed by atoms with Crippen molar-refractivity contribution >= 4 is 33.3 Å². The predicted octanol–water partition coefficient (Wildman–Crippen LogP) is 5.56. The van der Waals surface area contributed by atoms with Crippen LogP contribution in [-0.4, -0.2) is 20.7 Å². The van der Waals surface area contributed by atoms with Gasteiger partial charge in [-0.3, -0.25) is 4.79 Å². The molecule has 0 bridgehead atoms. The van der Waals surface area contributed by atoms with Gasteiger partial charge >= 0.3 is 0 Å². The fourth-order valence-corrected chi connectivity index (χ4v) is 5.18. The Hall–Kier alpha value is -3.06. The average Bonchev–Trinajstić information content (AvgIpc) is 3.07. The maximum atomic E-state index is 13.3. The van der Waals surface area contributed by atoms with Gasteiger partial charge in [0.15, 0.2) is 5.13 Å². The second-order valence-electron chi connectivity index (χ2n) is 8.64.